The maximum absolute atomic E-state index is 12.1. The number of furan rings is 1. The second-order valence-electron chi connectivity index (χ2n) is 3.82. The number of hydrogen-bond acceptors (Lipinski definition) is 4. The summed E-state index contributed by atoms with van der Waals surface area (Å²) in [7, 11) is 0. The van der Waals surface area contributed by atoms with Crippen LogP contribution in [0.5, 0.6) is 0 Å². The fraction of sp³-hybridized carbons (Fsp3) is 0. The first-order valence-electron chi connectivity index (χ1n) is 5.68. The Kier molecular flexibility index (Phi) is 3.12. The van der Waals surface area contributed by atoms with Gasteiger partial charge in [-0.1, -0.05) is 30.3 Å². The maximum Gasteiger partial charge on any atom is 0.293 e. The summed E-state index contributed by atoms with van der Waals surface area (Å²) < 4.78 is 5.29. The summed E-state index contributed by atoms with van der Waals surface area (Å²) in [6, 6.07) is 11.4. The molecule has 1 aromatic carbocycles. The molecule has 0 saturated carbocycles. The number of anilines is 1. The summed E-state index contributed by atoms with van der Waals surface area (Å²) in [6.07, 6.45) is 3.15. The van der Waals surface area contributed by atoms with Crippen molar-refractivity contribution in [2.75, 3.05) is 5.32 Å². The van der Waals surface area contributed by atoms with Gasteiger partial charge < -0.3 is 4.42 Å². The Morgan fingerprint density at radius 3 is 2.79 bits per heavy atom. The molecule has 0 bridgehead atoms. The van der Waals surface area contributed by atoms with E-state index in [2.05, 4.69) is 10.3 Å². The lowest BCUT2D eigenvalue weighted by Gasteiger charge is -2.02. The van der Waals surface area contributed by atoms with Crippen LogP contribution in [0, 0.1) is 0 Å². The molecule has 2 heterocycles. The van der Waals surface area contributed by atoms with E-state index in [1.54, 1.807) is 17.6 Å². The normalized spacial score (nSPS) is 10.3. The fourth-order valence-electron chi connectivity index (χ4n) is 1.77. The van der Waals surface area contributed by atoms with Gasteiger partial charge in [-0.2, -0.15) is 0 Å². The van der Waals surface area contributed by atoms with Gasteiger partial charge in [0.1, 0.15) is 0 Å². The van der Waals surface area contributed by atoms with Gasteiger partial charge in [-0.05, 0) is 11.6 Å². The largest absolute Gasteiger partial charge is 0.459 e. The minimum absolute atomic E-state index is 0.293. The Labute approximate surface area is 113 Å². The predicted octanol–water partition coefficient (Wildman–Crippen LogP) is 3.66. The molecule has 4 nitrogen and oxygen atoms in total. The second-order valence-corrected chi connectivity index (χ2v) is 4.72. The molecule has 0 saturated heterocycles. The number of carbonyl (C=O) groups excluding carboxylic acids is 1. The van der Waals surface area contributed by atoms with Crippen LogP contribution < -0.4 is 5.32 Å². The van der Waals surface area contributed by atoms with Crippen molar-refractivity contribution in [3.63, 3.8) is 0 Å². The van der Waals surface area contributed by atoms with Crippen LogP contribution in [0.15, 0.2) is 58.7 Å². The first kappa shape index (κ1) is 11.7. The van der Waals surface area contributed by atoms with E-state index >= 15 is 0 Å². The van der Waals surface area contributed by atoms with Crippen LogP contribution in [-0.4, -0.2) is 10.9 Å². The van der Waals surface area contributed by atoms with E-state index < -0.39 is 0 Å². The van der Waals surface area contributed by atoms with E-state index in [0.29, 0.717) is 10.9 Å². The van der Waals surface area contributed by atoms with Gasteiger partial charge in [0.05, 0.1) is 6.26 Å². The molecule has 0 unspecified atom stereocenters. The number of nitrogens with one attached hydrogen (secondary N) is 1. The summed E-state index contributed by atoms with van der Waals surface area (Å²) >= 11 is 1.37. The molecule has 3 aromatic rings. The zero-order valence-electron chi connectivity index (χ0n) is 9.87. The summed E-state index contributed by atoms with van der Waals surface area (Å²) in [4.78, 5) is 16.1. The summed E-state index contributed by atoms with van der Waals surface area (Å²) in [5.74, 6) is 0.000188. The standard InChI is InChI=1S/C14H10N2O2S/c17-13(16-14-15-7-9-19-14)12-11(6-8-18-12)10-4-2-1-3-5-10/h1-9H,(H,15,16,17). The van der Waals surface area contributed by atoms with Crippen molar-refractivity contribution in [2.45, 2.75) is 0 Å². The third-order valence-electron chi connectivity index (χ3n) is 2.61. The topological polar surface area (TPSA) is 55.1 Å². The molecule has 3 rings (SSSR count). The van der Waals surface area contributed by atoms with Crippen LogP contribution in [0.3, 0.4) is 0 Å². The van der Waals surface area contributed by atoms with Crippen LogP contribution >= 0.6 is 11.3 Å². The number of nitrogens with zero attached hydrogens (tertiary/aromatic N) is 1. The van der Waals surface area contributed by atoms with E-state index in [9.17, 15) is 4.79 Å². The third-order valence-corrected chi connectivity index (χ3v) is 3.30. The van der Waals surface area contributed by atoms with Crippen LogP contribution in [0.1, 0.15) is 10.6 Å². The van der Waals surface area contributed by atoms with Crippen LogP contribution in [0.4, 0.5) is 5.13 Å². The third kappa shape index (κ3) is 2.41. The molecule has 0 radical (unpaired) electrons. The van der Waals surface area contributed by atoms with Gasteiger partial charge in [0.25, 0.3) is 5.91 Å². The van der Waals surface area contributed by atoms with Crippen LogP contribution in [0.25, 0.3) is 11.1 Å². The minimum atomic E-state index is -0.293. The highest BCUT2D eigenvalue weighted by Gasteiger charge is 2.17. The quantitative estimate of drug-likeness (QED) is 0.790. The van der Waals surface area contributed by atoms with Crippen molar-refractivity contribution >= 4 is 22.4 Å². The van der Waals surface area contributed by atoms with Gasteiger partial charge in [-0.3, -0.25) is 10.1 Å². The molecule has 0 aliphatic heterocycles. The van der Waals surface area contributed by atoms with E-state index in [0.717, 1.165) is 11.1 Å². The number of rotatable bonds is 3. The Balaban J connectivity index is 1.90. The molecule has 19 heavy (non-hydrogen) atoms. The highest BCUT2D eigenvalue weighted by molar-refractivity contribution is 7.13. The summed E-state index contributed by atoms with van der Waals surface area (Å²) in [6.45, 7) is 0. The minimum Gasteiger partial charge on any atom is -0.459 e. The number of aromatic nitrogens is 1. The van der Waals surface area contributed by atoms with E-state index in [1.807, 2.05) is 30.3 Å². The lowest BCUT2D eigenvalue weighted by atomic mass is 10.1. The molecule has 0 atom stereocenters. The maximum atomic E-state index is 12.1. The average Bonchev–Trinajstić information content (AvgIpc) is 3.10. The van der Waals surface area contributed by atoms with Crippen molar-refractivity contribution in [3.05, 3.63) is 60.0 Å². The van der Waals surface area contributed by atoms with Gasteiger partial charge in [0, 0.05) is 17.1 Å². The number of benzene rings is 1. The van der Waals surface area contributed by atoms with Crippen LogP contribution in [-0.2, 0) is 0 Å². The Morgan fingerprint density at radius 1 is 1.21 bits per heavy atom. The lowest BCUT2D eigenvalue weighted by molar-refractivity contribution is 0.0997. The van der Waals surface area contributed by atoms with Gasteiger partial charge in [-0.25, -0.2) is 4.98 Å². The van der Waals surface area contributed by atoms with Gasteiger partial charge >= 0.3 is 0 Å². The smallest absolute Gasteiger partial charge is 0.293 e. The molecule has 0 aliphatic rings. The molecular weight excluding hydrogens is 260 g/mol. The molecule has 94 valence electrons. The molecule has 2 aromatic heterocycles. The molecule has 1 amide bonds. The Hall–Kier alpha value is -2.40. The Bertz CT molecular complexity index is 675. The average molecular weight is 270 g/mol. The van der Waals surface area contributed by atoms with Crippen molar-refractivity contribution in [1.29, 1.82) is 0 Å². The zero-order chi connectivity index (χ0) is 13.1. The number of thiazole rings is 1. The first-order chi connectivity index (χ1) is 9.34. The van der Waals surface area contributed by atoms with E-state index in [1.165, 1.54) is 17.6 Å². The van der Waals surface area contributed by atoms with Crippen molar-refractivity contribution in [2.24, 2.45) is 0 Å². The lowest BCUT2D eigenvalue weighted by Crippen LogP contribution is -2.11. The SMILES string of the molecule is O=C(Nc1nccs1)c1occc1-c1ccccc1. The molecule has 5 heteroatoms. The molecular formula is C14H10N2O2S. The van der Waals surface area contributed by atoms with E-state index in [4.69, 9.17) is 4.42 Å². The number of hydrogen-bond donors (Lipinski definition) is 1. The zero-order valence-corrected chi connectivity index (χ0v) is 10.7. The molecule has 0 aliphatic carbocycles. The van der Waals surface area contributed by atoms with Gasteiger partial charge in [0.15, 0.2) is 10.9 Å². The monoisotopic (exact) mass is 270 g/mol. The van der Waals surface area contributed by atoms with E-state index in [-0.39, 0.29) is 5.91 Å². The van der Waals surface area contributed by atoms with Gasteiger partial charge in [0.2, 0.25) is 0 Å². The van der Waals surface area contributed by atoms with Crippen molar-refractivity contribution < 1.29 is 9.21 Å². The highest BCUT2D eigenvalue weighted by Crippen LogP contribution is 2.25. The van der Waals surface area contributed by atoms with Crippen molar-refractivity contribution in [3.8, 4) is 11.1 Å². The number of carbonyl (C=O) groups is 1. The van der Waals surface area contributed by atoms with Crippen molar-refractivity contribution in [1.82, 2.24) is 4.98 Å². The highest BCUT2D eigenvalue weighted by atomic mass is 32.1. The first-order valence-corrected chi connectivity index (χ1v) is 6.56. The fourth-order valence-corrected chi connectivity index (χ4v) is 2.29. The number of amides is 1. The molecule has 1 N–H and O–H groups in total. The summed E-state index contributed by atoms with van der Waals surface area (Å²) in [5.41, 5.74) is 1.72. The predicted molar refractivity (Wildman–Crippen MR) is 74.2 cm³/mol. The summed E-state index contributed by atoms with van der Waals surface area (Å²) in [5, 5.41) is 5.07. The van der Waals surface area contributed by atoms with Crippen LogP contribution in [0.2, 0.25) is 0 Å². The Morgan fingerprint density at radius 2 is 2.05 bits per heavy atom. The molecule has 0 fully saturated rings. The molecule has 0 spiro atoms. The second kappa shape index (κ2) is 5.07. The van der Waals surface area contributed by atoms with Gasteiger partial charge in [-0.15, -0.1) is 11.3 Å².